The number of para-hydroxylation sites is 2. The summed E-state index contributed by atoms with van der Waals surface area (Å²) in [4.78, 5) is 22.1. The molecule has 0 spiro atoms. The van der Waals surface area contributed by atoms with E-state index in [1.165, 1.54) is 0 Å². The Morgan fingerprint density at radius 3 is 2.64 bits per heavy atom. The van der Waals surface area contributed by atoms with Gasteiger partial charge in [-0.25, -0.2) is 4.98 Å². The van der Waals surface area contributed by atoms with E-state index in [1.807, 2.05) is 38.1 Å². The first-order valence-electron chi connectivity index (χ1n) is 8.83. The lowest BCUT2D eigenvalue weighted by Crippen LogP contribution is -2.48. The van der Waals surface area contributed by atoms with Crippen LogP contribution in [0.4, 0.5) is 11.6 Å². The molecule has 25 heavy (non-hydrogen) atoms. The normalized spacial score (nSPS) is 14.5. The van der Waals surface area contributed by atoms with E-state index in [-0.39, 0.29) is 5.56 Å². The van der Waals surface area contributed by atoms with Gasteiger partial charge in [0.25, 0.3) is 5.56 Å². The van der Waals surface area contributed by atoms with Gasteiger partial charge in [-0.1, -0.05) is 26.0 Å². The van der Waals surface area contributed by atoms with Gasteiger partial charge in [-0.2, -0.15) is 0 Å². The monoisotopic (exact) mass is 342 g/mol. The van der Waals surface area contributed by atoms with Gasteiger partial charge in [0.15, 0.2) is 0 Å². The molecule has 1 aromatic heterocycles. The Morgan fingerprint density at radius 1 is 1.20 bits per heavy atom. The molecule has 0 bridgehead atoms. The molecular formula is C19H26N4O2. The van der Waals surface area contributed by atoms with Gasteiger partial charge in [0.05, 0.1) is 26.1 Å². The van der Waals surface area contributed by atoms with Crippen LogP contribution in [0.1, 0.15) is 31.5 Å². The zero-order chi connectivity index (χ0) is 18.0. The molecule has 1 aliphatic rings. The maximum absolute atomic E-state index is 13.0. The second kappa shape index (κ2) is 7.27. The predicted octanol–water partition coefficient (Wildman–Crippen LogP) is 2.90. The maximum atomic E-state index is 13.0. The third-order valence-electron chi connectivity index (χ3n) is 4.64. The zero-order valence-corrected chi connectivity index (χ0v) is 15.5. The van der Waals surface area contributed by atoms with E-state index in [2.05, 4.69) is 16.7 Å². The molecular weight excluding hydrogens is 316 g/mol. The van der Waals surface area contributed by atoms with Gasteiger partial charge < -0.3 is 4.74 Å². The van der Waals surface area contributed by atoms with E-state index in [0.29, 0.717) is 25.7 Å². The second-order valence-electron chi connectivity index (χ2n) is 6.34. The molecule has 6 nitrogen and oxygen atoms in total. The highest BCUT2D eigenvalue weighted by Gasteiger charge is 2.28. The molecule has 0 amide bonds. The molecule has 3 rings (SSSR count). The Hall–Kier alpha value is -2.34. The molecule has 2 aromatic rings. The van der Waals surface area contributed by atoms with E-state index in [1.54, 1.807) is 11.7 Å². The summed E-state index contributed by atoms with van der Waals surface area (Å²) >= 11 is 0. The molecule has 0 unspecified atom stereocenters. The van der Waals surface area contributed by atoms with Crippen LogP contribution < -0.4 is 15.2 Å². The van der Waals surface area contributed by atoms with Crippen LogP contribution in [0.25, 0.3) is 0 Å². The van der Waals surface area contributed by atoms with Crippen molar-refractivity contribution in [3.8, 4) is 5.75 Å². The summed E-state index contributed by atoms with van der Waals surface area (Å²) in [6.07, 6.45) is 1.73. The zero-order valence-electron chi connectivity index (χ0n) is 15.5. The molecule has 0 saturated carbocycles. The van der Waals surface area contributed by atoms with Crippen molar-refractivity contribution >= 4 is 11.6 Å². The smallest absolute Gasteiger partial charge is 0.259 e. The van der Waals surface area contributed by atoms with Crippen LogP contribution in [0.3, 0.4) is 0 Å². The third kappa shape index (κ3) is 3.14. The van der Waals surface area contributed by atoms with E-state index < -0.39 is 0 Å². The fourth-order valence-electron chi connectivity index (χ4n) is 3.43. The average Bonchev–Trinajstić information content (AvgIpc) is 2.62. The molecule has 2 heterocycles. The number of hydrogen-bond acceptors (Lipinski definition) is 5. The molecule has 6 heteroatoms. The summed E-state index contributed by atoms with van der Waals surface area (Å²) in [5.74, 6) is 1.47. The fraction of sp³-hybridized carbons (Fsp3) is 0.474. The first-order valence-corrected chi connectivity index (χ1v) is 8.83. The summed E-state index contributed by atoms with van der Waals surface area (Å²) in [6, 6.07) is 7.87. The van der Waals surface area contributed by atoms with Crippen molar-refractivity contribution in [1.29, 1.82) is 0 Å². The number of anilines is 2. The van der Waals surface area contributed by atoms with Crippen LogP contribution in [0.5, 0.6) is 5.75 Å². The van der Waals surface area contributed by atoms with Crippen LogP contribution >= 0.6 is 0 Å². The van der Waals surface area contributed by atoms with Gasteiger partial charge in [-0.3, -0.25) is 19.2 Å². The number of aromatic nitrogens is 2. The van der Waals surface area contributed by atoms with Crippen molar-refractivity contribution in [2.45, 2.75) is 40.3 Å². The molecule has 0 atom stereocenters. The Kier molecular flexibility index (Phi) is 5.08. The summed E-state index contributed by atoms with van der Waals surface area (Å²) in [5.41, 5.74) is 2.59. The fourth-order valence-corrected chi connectivity index (χ4v) is 3.43. The lowest BCUT2D eigenvalue weighted by Gasteiger charge is -2.38. The Bertz CT molecular complexity index is 816. The van der Waals surface area contributed by atoms with Gasteiger partial charge in [-0.05, 0) is 31.9 Å². The highest BCUT2D eigenvalue weighted by Crippen LogP contribution is 2.34. The van der Waals surface area contributed by atoms with Crippen molar-refractivity contribution in [2.75, 3.05) is 25.2 Å². The molecule has 134 valence electrons. The predicted molar refractivity (Wildman–Crippen MR) is 99.6 cm³/mol. The lowest BCUT2D eigenvalue weighted by molar-refractivity contribution is 0.198. The standard InChI is InChI=1S/C19H26N4O2/c1-5-11-21-12-22(16-9-7-8-10-17(16)25-4)19-20-14(3)15(6-2)18(24)23(19)13-21/h7-10H,5-6,11-13H2,1-4H3. The van der Waals surface area contributed by atoms with Crippen molar-refractivity contribution in [3.63, 3.8) is 0 Å². The van der Waals surface area contributed by atoms with E-state index in [4.69, 9.17) is 9.72 Å². The second-order valence-corrected chi connectivity index (χ2v) is 6.34. The first kappa shape index (κ1) is 17.5. The largest absolute Gasteiger partial charge is 0.495 e. The average molecular weight is 342 g/mol. The minimum Gasteiger partial charge on any atom is -0.495 e. The van der Waals surface area contributed by atoms with Crippen LogP contribution in [-0.2, 0) is 13.1 Å². The van der Waals surface area contributed by atoms with E-state index in [0.717, 1.165) is 35.7 Å². The van der Waals surface area contributed by atoms with Gasteiger partial charge in [0, 0.05) is 17.8 Å². The lowest BCUT2D eigenvalue weighted by atomic mass is 10.2. The topological polar surface area (TPSA) is 50.6 Å². The van der Waals surface area contributed by atoms with Gasteiger partial charge in [-0.15, -0.1) is 0 Å². The van der Waals surface area contributed by atoms with Gasteiger partial charge in [0.1, 0.15) is 5.75 Å². The maximum Gasteiger partial charge on any atom is 0.259 e. The first-order chi connectivity index (χ1) is 12.1. The van der Waals surface area contributed by atoms with Gasteiger partial charge in [0.2, 0.25) is 5.95 Å². The number of fused-ring (bicyclic) bond motifs is 1. The highest BCUT2D eigenvalue weighted by atomic mass is 16.5. The van der Waals surface area contributed by atoms with Crippen molar-refractivity contribution in [3.05, 3.63) is 45.9 Å². The third-order valence-corrected chi connectivity index (χ3v) is 4.64. The number of benzene rings is 1. The summed E-state index contributed by atoms with van der Waals surface area (Å²) in [6.45, 7) is 8.26. The quantitative estimate of drug-likeness (QED) is 0.836. The molecule has 0 fully saturated rings. The van der Waals surface area contributed by atoms with Crippen molar-refractivity contribution in [2.24, 2.45) is 0 Å². The van der Waals surface area contributed by atoms with Crippen LogP contribution in [-0.4, -0.2) is 34.8 Å². The minimum absolute atomic E-state index is 0.0608. The SMILES string of the molecule is CCCN1CN(c2ccccc2OC)c2nc(C)c(CC)c(=O)n2C1. The number of nitrogens with zero attached hydrogens (tertiary/aromatic N) is 4. The number of rotatable bonds is 5. The van der Waals surface area contributed by atoms with Crippen LogP contribution in [0, 0.1) is 6.92 Å². The molecule has 0 aliphatic carbocycles. The van der Waals surface area contributed by atoms with E-state index >= 15 is 0 Å². The summed E-state index contributed by atoms with van der Waals surface area (Å²) in [7, 11) is 1.67. The Labute approximate surface area is 148 Å². The molecule has 1 aliphatic heterocycles. The molecule has 0 saturated heterocycles. The number of methoxy groups -OCH3 is 1. The van der Waals surface area contributed by atoms with Crippen molar-refractivity contribution < 1.29 is 4.74 Å². The van der Waals surface area contributed by atoms with Gasteiger partial charge >= 0.3 is 0 Å². The number of hydrogen-bond donors (Lipinski definition) is 0. The Balaban J connectivity index is 2.19. The number of aryl methyl sites for hydroxylation is 1. The van der Waals surface area contributed by atoms with Crippen LogP contribution in [0.15, 0.2) is 29.1 Å². The molecule has 1 aromatic carbocycles. The summed E-state index contributed by atoms with van der Waals surface area (Å²) < 4.78 is 7.33. The molecule has 0 radical (unpaired) electrons. The minimum atomic E-state index is 0.0608. The van der Waals surface area contributed by atoms with E-state index in [9.17, 15) is 4.79 Å². The number of ether oxygens (including phenoxy) is 1. The Morgan fingerprint density at radius 2 is 1.96 bits per heavy atom. The van der Waals surface area contributed by atoms with Crippen molar-refractivity contribution in [1.82, 2.24) is 14.5 Å². The summed E-state index contributed by atoms with van der Waals surface area (Å²) in [5, 5.41) is 0. The molecule has 0 N–H and O–H groups in total. The van der Waals surface area contributed by atoms with Crippen LogP contribution in [0.2, 0.25) is 0 Å². The highest BCUT2D eigenvalue weighted by molar-refractivity contribution is 5.66.